The molecule has 260 valence electrons. The predicted octanol–water partition coefficient (Wildman–Crippen LogP) is 8.19. The van der Waals surface area contributed by atoms with E-state index in [1.54, 1.807) is 0 Å². The topological polar surface area (TPSA) is 95.8 Å². The monoisotopic (exact) mass is 708 g/mol. The van der Waals surface area contributed by atoms with Crippen LogP contribution in [0.2, 0.25) is 90.7 Å². The molecule has 0 saturated heterocycles. The zero-order valence-corrected chi connectivity index (χ0v) is 36.8. The Morgan fingerprint density at radius 1 is 0.524 bits per heavy atom. The number of aliphatic hydroxyl groups is 2. The maximum atomic E-state index is 7.62. The summed E-state index contributed by atoms with van der Waals surface area (Å²) in [4.78, 5) is 0. The van der Waals surface area contributed by atoms with E-state index in [9.17, 15) is 0 Å². The summed E-state index contributed by atoms with van der Waals surface area (Å²) in [5, 5.41) is 15.2. The maximum Gasteiger partial charge on any atom is 0.321 e. The highest BCUT2D eigenvalue weighted by molar-refractivity contribution is 6.82. The number of hydrogen-bond acceptors (Lipinski definition) is 8. The molecule has 0 radical (unpaired) electrons. The first-order chi connectivity index (χ1) is 19.1. The van der Waals surface area contributed by atoms with Crippen molar-refractivity contribution in [1.29, 1.82) is 0 Å². The summed E-state index contributed by atoms with van der Waals surface area (Å²) in [5.74, 6) is 0. The van der Waals surface area contributed by atoms with Crippen molar-refractivity contribution in [1.82, 2.24) is 0 Å². The molecule has 8 nitrogen and oxygen atoms in total. The summed E-state index contributed by atoms with van der Waals surface area (Å²) in [6.45, 7) is 35.0. The van der Waals surface area contributed by atoms with Gasteiger partial charge in [0.15, 0.2) is 25.7 Å². The third-order valence-electron chi connectivity index (χ3n) is 5.86. The van der Waals surface area contributed by atoms with Crippen LogP contribution < -0.4 is 0 Å². The van der Waals surface area contributed by atoms with Gasteiger partial charge in [-0.3, -0.25) is 0 Å². The van der Waals surface area contributed by atoms with Crippen LogP contribution in [0.3, 0.4) is 0 Å². The van der Waals surface area contributed by atoms with Crippen molar-refractivity contribution in [2.75, 3.05) is 33.0 Å². The van der Waals surface area contributed by atoms with Gasteiger partial charge < -0.3 is 35.8 Å². The Labute approximate surface area is 270 Å². The van der Waals surface area contributed by atoms with Gasteiger partial charge in [0, 0.05) is 8.03 Å². The van der Waals surface area contributed by atoms with Crippen molar-refractivity contribution in [3.8, 4) is 0 Å². The second kappa shape index (κ2) is 25.1. The van der Waals surface area contributed by atoms with Gasteiger partial charge in [-0.25, -0.2) is 0 Å². The average Bonchev–Trinajstić information content (AvgIpc) is 2.83. The predicted molar refractivity (Wildman–Crippen MR) is 198 cm³/mol. The van der Waals surface area contributed by atoms with Gasteiger partial charge in [-0.2, -0.15) is 0 Å². The van der Waals surface area contributed by atoms with E-state index in [4.69, 9.17) is 35.8 Å². The molecule has 0 aromatic heterocycles. The van der Waals surface area contributed by atoms with Crippen LogP contribution in [0.4, 0.5) is 0 Å². The number of rotatable bonds is 22. The molecule has 0 bridgehead atoms. The second-order valence-corrected chi connectivity index (χ2v) is 35.6. The Morgan fingerprint density at radius 3 is 1.14 bits per heavy atom. The van der Waals surface area contributed by atoms with Gasteiger partial charge >= 0.3 is 25.7 Å². The molecule has 0 unspecified atom stereocenters. The third kappa shape index (κ3) is 33.9. The SMILES string of the molecule is CCCCO[Si](C)(C)O[SiH](C)C.CCCC[Si](C)(C)O[Si](C)(C)OCCO[Si](C)(C)O[Si](C)(C)CCCC.OCCO.[HH]. The molecule has 0 aromatic rings. The first-order valence-electron chi connectivity index (χ1n) is 16.4. The van der Waals surface area contributed by atoms with Crippen LogP contribution in [0.1, 0.15) is 60.7 Å². The molecular weight excluding hydrogens is 633 g/mol. The summed E-state index contributed by atoms with van der Waals surface area (Å²) >= 11 is 0. The van der Waals surface area contributed by atoms with Crippen molar-refractivity contribution in [2.24, 2.45) is 0 Å². The highest BCUT2D eigenvalue weighted by atomic mass is 28.4. The standard InChI is InChI=1S/C18H46O4Si4.C8H22O2Si2.C2H6O2.H2/c1-11-13-17-23(3,4)21-25(7,8)19-15-16-20-26(9,10)22-24(5,6)18-14-12-2;1-6-7-8-9-12(4,5)10-11(2)3;3-1-2-4;/h11-18H2,1-10H3;11H,6-8H2,1-5H3;3-4H,1-2H2;1H. The molecule has 0 saturated carbocycles. The number of unbranched alkanes of at least 4 members (excludes halogenated alkanes) is 3. The van der Waals surface area contributed by atoms with Crippen molar-refractivity contribution >= 4 is 51.4 Å². The molecule has 0 amide bonds. The van der Waals surface area contributed by atoms with E-state index in [1.165, 1.54) is 44.2 Å². The van der Waals surface area contributed by atoms with Gasteiger partial charge in [-0.05, 0) is 97.1 Å². The molecule has 0 rings (SSSR count). The summed E-state index contributed by atoms with van der Waals surface area (Å²) in [7, 11) is -10.1. The Morgan fingerprint density at radius 2 is 0.857 bits per heavy atom. The van der Waals surface area contributed by atoms with Crippen LogP contribution in [-0.2, 0) is 25.6 Å². The van der Waals surface area contributed by atoms with Crippen molar-refractivity contribution < 1.29 is 37.3 Å². The number of aliphatic hydroxyl groups excluding tert-OH is 2. The molecule has 0 fully saturated rings. The summed E-state index contributed by atoms with van der Waals surface area (Å²) in [5.41, 5.74) is 0. The zero-order chi connectivity index (χ0) is 33.5. The van der Waals surface area contributed by atoms with E-state index >= 15 is 0 Å². The van der Waals surface area contributed by atoms with Crippen molar-refractivity contribution in [3.05, 3.63) is 0 Å². The fourth-order valence-electron chi connectivity index (χ4n) is 4.34. The fourth-order valence-corrected chi connectivity index (χ4v) is 25.3. The normalized spacial score (nSPS) is 13.0. The Hall–Kier alpha value is 0.981. The molecule has 0 heterocycles. The summed E-state index contributed by atoms with van der Waals surface area (Å²) in [6, 6.07) is 2.43. The highest BCUT2D eigenvalue weighted by Gasteiger charge is 2.36. The quantitative estimate of drug-likeness (QED) is 0.0859. The van der Waals surface area contributed by atoms with Gasteiger partial charge in [0.1, 0.15) is 0 Å². The third-order valence-corrected chi connectivity index (χ3v) is 24.2. The summed E-state index contributed by atoms with van der Waals surface area (Å²) < 4.78 is 36.8. The van der Waals surface area contributed by atoms with E-state index in [2.05, 4.69) is 99.3 Å². The lowest BCUT2D eigenvalue weighted by molar-refractivity contribution is 0.160. The largest absolute Gasteiger partial charge is 0.439 e. The first kappa shape index (κ1) is 47.4. The van der Waals surface area contributed by atoms with E-state index in [1.807, 2.05) is 0 Å². The minimum absolute atomic E-state index is 0. The molecule has 0 aliphatic rings. The van der Waals surface area contributed by atoms with E-state index in [0.29, 0.717) is 13.2 Å². The Bertz CT molecular complexity index is 592. The second-order valence-electron chi connectivity index (χ2n) is 13.6. The average molecular weight is 709 g/mol. The molecule has 14 heteroatoms. The Balaban J connectivity index is -0.000000371. The zero-order valence-electron chi connectivity index (χ0n) is 30.6. The lowest BCUT2D eigenvalue weighted by Crippen LogP contribution is -2.48. The molecular formula is C28H76O8Si6. The number of hydrogen-bond donors (Lipinski definition) is 2. The van der Waals surface area contributed by atoms with Crippen LogP contribution in [0.25, 0.3) is 0 Å². The molecule has 0 aliphatic heterocycles. The van der Waals surface area contributed by atoms with Gasteiger partial charge in [0.25, 0.3) is 0 Å². The van der Waals surface area contributed by atoms with Crippen molar-refractivity contribution in [2.45, 2.75) is 150 Å². The lowest BCUT2D eigenvalue weighted by Gasteiger charge is -2.35. The molecule has 2 N–H and O–H groups in total. The minimum atomic E-state index is -2.08. The van der Waals surface area contributed by atoms with Gasteiger partial charge in [-0.15, -0.1) is 0 Å². The minimum Gasteiger partial charge on any atom is -0.439 e. The van der Waals surface area contributed by atoms with E-state index < -0.39 is 51.4 Å². The van der Waals surface area contributed by atoms with Crippen LogP contribution in [0, 0.1) is 0 Å². The molecule has 42 heavy (non-hydrogen) atoms. The van der Waals surface area contributed by atoms with Crippen LogP contribution in [-0.4, -0.2) is 94.6 Å². The van der Waals surface area contributed by atoms with Crippen LogP contribution in [0.15, 0.2) is 0 Å². The van der Waals surface area contributed by atoms with E-state index in [0.717, 1.165) is 13.0 Å². The molecule has 0 spiro atoms. The first-order valence-corrected chi connectivity index (χ1v) is 33.8. The highest BCUT2D eigenvalue weighted by Crippen LogP contribution is 2.23. The summed E-state index contributed by atoms with van der Waals surface area (Å²) in [6.07, 6.45) is 7.31. The van der Waals surface area contributed by atoms with Crippen LogP contribution in [0.5, 0.6) is 0 Å². The van der Waals surface area contributed by atoms with Crippen LogP contribution >= 0.6 is 0 Å². The lowest BCUT2D eigenvalue weighted by atomic mass is 10.4. The van der Waals surface area contributed by atoms with Gasteiger partial charge in [-0.1, -0.05) is 52.9 Å². The van der Waals surface area contributed by atoms with E-state index in [-0.39, 0.29) is 14.6 Å². The molecule has 0 aliphatic carbocycles. The fraction of sp³-hybridized carbons (Fsp3) is 1.00. The maximum absolute atomic E-state index is 7.62. The van der Waals surface area contributed by atoms with Gasteiger partial charge in [0.05, 0.1) is 26.4 Å². The Kier molecular flexibility index (Phi) is 28.3. The molecule has 0 atom stereocenters. The van der Waals surface area contributed by atoms with Gasteiger partial charge in [0.2, 0.25) is 0 Å². The smallest absolute Gasteiger partial charge is 0.321 e. The molecule has 0 aromatic carbocycles. The van der Waals surface area contributed by atoms with Crippen molar-refractivity contribution in [3.63, 3.8) is 0 Å².